The summed E-state index contributed by atoms with van der Waals surface area (Å²) in [7, 11) is -4.17. The highest BCUT2D eigenvalue weighted by Crippen LogP contribution is 2.49. The van der Waals surface area contributed by atoms with Gasteiger partial charge < -0.3 is 14.6 Å². The van der Waals surface area contributed by atoms with Crippen molar-refractivity contribution in [1.82, 2.24) is 29.8 Å². The summed E-state index contributed by atoms with van der Waals surface area (Å²) in [6, 6.07) is 15.3. The maximum atomic E-state index is 14.5. The van der Waals surface area contributed by atoms with E-state index in [-0.39, 0.29) is 58.2 Å². The quantitative estimate of drug-likeness (QED) is 0.208. The van der Waals surface area contributed by atoms with E-state index in [1.807, 2.05) is 38.1 Å². The van der Waals surface area contributed by atoms with Crippen LogP contribution in [0.4, 0.5) is 5.95 Å². The van der Waals surface area contributed by atoms with Gasteiger partial charge in [-0.3, -0.25) is 9.78 Å². The number of fused-ring (bicyclic) bond motifs is 5. The lowest BCUT2D eigenvalue weighted by atomic mass is 9.93. The summed E-state index contributed by atoms with van der Waals surface area (Å²) in [5, 5.41) is 0. The average Bonchev–Trinajstić information content (AvgIpc) is 3.60. The minimum atomic E-state index is -4.17. The minimum absolute atomic E-state index is 0.0458. The molecule has 5 aromatic rings. The first-order chi connectivity index (χ1) is 23.2. The number of carbonyl (C=O) groups excluding carboxylic acids is 1. The number of hydrogen-bond acceptors (Lipinski definition) is 8. The molecule has 0 radical (unpaired) electrons. The Kier molecular flexibility index (Phi) is 7.97. The average molecular weight is 680 g/mol. The van der Waals surface area contributed by atoms with E-state index < -0.39 is 10.0 Å². The van der Waals surface area contributed by atoms with E-state index in [0.29, 0.717) is 23.5 Å². The summed E-state index contributed by atoms with van der Waals surface area (Å²) in [6.07, 6.45) is 4.47. The molecule has 4 bridgehead atoms. The number of nitrogens with one attached hydrogen (secondary N) is 2. The Hall–Kier alpha value is -4.84. The molecule has 11 nitrogen and oxygen atoms in total. The van der Waals surface area contributed by atoms with Crippen LogP contribution in [0.25, 0.3) is 22.4 Å². The molecule has 1 amide bonds. The van der Waals surface area contributed by atoms with Crippen LogP contribution in [0.2, 0.25) is 0 Å². The molecule has 49 heavy (non-hydrogen) atoms. The number of H-pyrrole nitrogens is 1. The SMILES string of the molecule is Cc1cccc(C)c1-c1cc2nc(n1)NS(=O)(=O)c1cccc(c1)C(=O)N(Cc1cnc3cc(C(C)(C)C)[nH]c3n1)[C@H](CC1(C)CC1)CO2. The van der Waals surface area contributed by atoms with Gasteiger partial charge in [0.1, 0.15) is 12.1 Å². The Morgan fingerprint density at radius 1 is 1.00 bits per heavy atom. The van der Waals surface area contributed by atoms with Crippen molar-refractivity contribution >= 4 is 33.0 Å². The molecule has 2 N–H and O–H groups in total. The van der Waals surface area contributed by atoms with Crippen molar-refractivity contribution in [2.24, 2.45) is 5.41 Å². The molecule has 1 aliphatic carbocycles. The summed E-state index contributed by atoms with van der Waals surface area (Å²) in [5.41, 5.74) is 6.55. The van der Waals surface area contributed by atoms with Crippen LogP contribution in [0.3, 0.4) is 0 Å². The first-order valence-electron chi connectivity index (χ1n) is 16.5. The van der Waals surface area contributed by atoms with Gasteiger partial charge in [-0.1, -0.05) is 52.0 Å². The van der Waals surface area contributed by atoms with E-state index in [1.165, 1.54) is 12.1 Å². The smallest absolute Gasteiger partial charge is 0.264 e. The molecule has 1 fully saturated rings. The Morgan fingerprint density at radius 3 is 2.45 bits per heavy atom. The molecular weight excluding hydrogens is 639 g/mol. The summed E-state index contributed by atoms with van der Waals surface area (Å²) >= 11 is 0. The Balaban J connectivity index is 1.34. The highest BCUT2D eigenvalue weighted by Gasteiger charge is 2.42. The van der Waals surface area contributed by atoms with E-state index in [1.54, 1.807) is 29.3 Å². The Bertz CT molecular complexity index is 2180. The van der Waals surface area contributed by atoms with Gasteiger partial charge in [0.25, 0.3) is 15.9 Å². The van der Waals surface area contributed by atoms with E-state index in [2.05, 4.69) is 52.4 Å². The van der Waals surface area contributed by atoms with E-state index in [4.69, 9.17) is 9.72 Å². The van der Waals surface area contributed by atoms with Gasteiger partial charge >= 0.3 is 0 Å². The third-order valence-electron chi connectivity index (χ3n) is 9.54. The molecule has 2 aromatic carbocycles. The van der Waals surface area contributed by atoms with Crippen molar-refractivity contribution in [2.45, 2.75) is 83.7 Å². The molecule has 0 unspecified atom stereocenters. The predicted molar refractivity (Wildman–Crippen MR) is 188 cm³/mol. The third kappa shape index (κ3) is 6.74. The molecule has 0 spiro atoms. The fraction of sp³-hybridized carbons (Fsp3) is 0.378. The molecule has 0 saturated heterocycles. The molecule has 1 atom stereocenters. The van der Waals surface area contributed by atoms with Crippen LogP contribution in [0, 0.1) is 19.3 Å². The van der Waals surface area contributed by atoms with Crippen molar-refractivity contribution in [3.8, 4) is 17.1 Å². The molecule has 2 aliphatic rings. The topological polar surface area (TPSA) is 143 Å². The van der Waals surface area contributed by atoms with Gasteiger partial charge in [-0.2, -0.15) is 4.98 Å². The van der Waals surface area contributed by atoms with Gasteiger partial charge in [0.2, 0.25) is 11.8 Å². The normalized spacial score (nSPS) is 18.5. The highest BCUT2D eigenvalue weighted by molar-refractivity contribution is 7.92. The van der Waals surface area contributed by atoms with Gasteiger partial charge in [-0.05, 0) is 73.9 Å². The van der Waals surface area contributed by atoms with Gasteiger partial charge in [0, 0.05) is 28.3 Å². The molecule has 1 saturated carbocycles. The highest BCUT2D eigenvalue weighted by atomic mass is 32.2. The number of benzene rings is 2. The van der Waals surface area contributed by atoms with Gasteiger partial charge in [-0.25, -0.2) is 23.1 Å². The zero-order valence-corrected chi connectivity index (χ0v) is 29.5. The fourth-order valence-corrected chi connectivity index (χ4v) is 7.40. The minimum Gasteiger partial charge on any atom is -0.475 e. The van der Waals surface area contributed by atoms with Crippen molar-refractivity contribution < 1.29 is 17.9 Å². The van der Waals surface area contributed by atoms with Crippen LogP contribution in [0.15, 0.2) is 65.7 Å². The van der Waals surface area contributed by atoms with Crippen LogP contribution in [-0.4, -0.2) is 56.8 Å². The summed E-state index contributed by atoms with van der Waals surface area (Å²) in [6.45, 7) is 12.8. The second-order valence-corrected chi connectivity index (χ2v) is 16.4. The van der Waals surface area contributed by atoms with Gasteiger partial charge in [-0.15, -0.1) is 0 Å². The molecule has 4 heterocycles. The largest absolute Gasteiger partial charge is 0.475 e. The van der Waals surface area contributed by atoms with Gasteiger partial charge in [0.15, 0.2) is 5.65 Å². The summed E-state index contributed by atoms with van der Waals surface area (Å²) < 4.78 is 36.4. The second-order valence-electron chi connectivity index (χ2n) is 14.8. The molecule has 12 heteroatoms. The molecule has 3 aromatic heterocycles. The van der Waals surface area contributed by atoms with Crippen molar-refractivity contribution in [1.29, 1.82) is 0 Å². The third-order valence-corrected chi connectivity index (χ3v) is 10.9. The van der Waals surface area contributed by atoms with Crippen LogP contribution in [0.5, 0.6) is 5.88 Å². The second kappa shape index (κ2) is 11.9. The number of aromatic amines is 1. The zero-order chi connectivity index (χ0) is 34.7. The lowest BCUT2D eigenvalue weighted by Crippen LogP contribution is -2.44. The van der Waals surface area contributed by atoms with Crippen molar-refractivity contribution in [3.05, 3.63) is 88.9 Å². The monoisotopic (exact) mass is 679 g/mol. The lowest BCUT2D eigenvalue weighted by Gasteiger charge is -2.33. The number of aryl methyl sites for hydroxylation is 2. The standard InChI is InChI=1S/C37H41N7O4S/c1-22-9-7-10-23(2)32(22)28-17-31-42-35(40-28)43-49(46,47)27-12-8-11-24(15-27)34(45)44(26(21-48-31)18-37(6)13-14-37)20-25-19-38-29-16-30(36(3,4)5)41-33(29)39-25/h7-12,15-17,19,26H,13-14,18,20-21H2,1-6H3,(H,39,41)(H,40,42,43)/t26-/m1/s1. The molecular formula is C37H41N7O4S. The van der Waals surface area contributed by atoms with Gasteiger partial charge in [0.05, 0.1) is 35.1 Å². The number of ether oxygens (including phenoxy) is 1. The number of anilines is 1. The summed E-state index contributed by atoms with van der Waals surface area (Å²) in [5.74, 6) is -0.235. The van der Waals surface area contributed by atoms with E-state index in [9.17, 15) is 13.2 Å². The molecule has 1 aliphatic heterocycles. The Labute approximate surface area is 286 Å². The fourth-order valence-electron chi connectivity index (χ4n) is 6.41. The van der Waals surface area contributed by atoms with E-state index >= 15 is 0 Å². The first kappa shape index (κ1) is 32.7. The summed E-state index contributed by atoms with van der Waals surface area (Å²) in [4.78, 5) is 38.3. The maximum Gasteiger partial charge on any atom is 0.264 e. The number of amides is 1. The number of sulfonamides is 1. The number of carbonyl (C=O) groups is 1. The zero-order valence-electron chi connectivity index (χ0n) is 28.7. The lowest BCUT2D eigenvalue weighted by molar-refractivity contribution is 0.0537. The molecule has 254 valence electrons. The van der Waals surface area contributed by atoms with Crippen LogP contribution >= 0.6 is 0 Å². The predicted octanol–water partition coefficient (Wildman–Crippen LogP) is 6.72. The van der Waals surface area contributed by atoms with Crippen molar-refractivity contribution in [2.75, 3.05) is 11.3 Å². The maximum absolute atomic E-state index is 14.5. The first-order valence-corrected chi connectivity index (χ1v) is 18.0. The number of rotatable bonds is 5. The van der Waals surface area contributed by atoms with E-state index in [0.717, 1.165) is 40.7 Å². The van der Waals surface area contributed by atoms with Crippen LogP contribution in [0.1, 0.15) is 79.8 Å². The number of aromatic nitrogens is 5. The van der Waals surface area contributed by atoms with Crippen LogP contribution in [-0.2, 0) is 22.0 Å². The van der Waals surface area contributed by atoms with Crippen molar-refractivity contribution in [3.63, 3.8) is 0 Å². The number of hydrogen-bond donors (Lipinski definition) is 2. The number of nitrogens with zero attached hydrogens (tertiary/aromatic N) is 5. The molecule has 7 rings (SSSR count). The Morgan fingerprint density at radius 2 is 1.73 bits per heavy atom. The van der Waals surface area contributed by atoms with Crippen LogP contribution < -0.4 is 9.46 Å².